The maximum Gasteiger partial charge on any atom is 0.222 e. The van der Waals surface area contributed by atoms with E-state index in [-0.39, 0.29) is 0 Å². The van der Waals surface area contributed by atoms with Crippen molar-refractivity contribution in [2.45, 2.75) is 26.7 Å². The summed E-state index contributed by atoms with van der Waals surface area (Å²) in [6.45, 7) is 8.89. The molecular formula is C13H22N4. The lowest BCUT2D eigenvalue weighted by Crippen LogP contribution is -2.35. The van der Waals surface area contributed by atoms with Crippen molar-refractivity contribution in [2.24, 2.45) is 5.92 Å². The van der Waals surface area contributed by atoms with E-state index in [1.54, 1.807) is 0 Å². The highest BCUT2D eigenvalue weighted by atomic mass is 15.1. The molecule has 17 heavy (non-hydrogen) atoms. The summed E-state index contributed by atoms with van der Waals surface area (Å²) in [6.07, 6.45) is 6.28. The Morgan fingerprint density at radius 2 is 1.94 bits per heavy atom. The summed E-state index contributed by atoms with van der Waals surface area (Å²) in [5.74, 6) is 1.52. The van der Waals surface area contributed by atoms with Crippen molar-refractivity contribution in [3.8, 4) is 0 Å². The van der Waals surface area contributed by atoms with Gasteiger partial charge < -0.3 is 10.2 Å². The Labute approximate surface area is 103 Å². The average Bonchev–Trinajstić information content (AvgIpc) is 2.39. The molecule has 1 N–H and O–H groups in total. The van der Waals surface area contributed by atoms with Crippen molar-refractivity contribution in [2.75, 3.05) is 31.5 Å². The number of aromatic nitrogens is 2. The van der Waals surface area contributed by atoms with Crippen LogP contribution in [-0.4, -0.2) is 41.0 Å². The molecule has 0 amide bonds. The molecule has 1 aromatic rings. The van der Waals surface area contributed by atoms with Gasteiger partial charge >= 0.3 is 0 Å². The normalized spacial score (nSPS) is 18.2. The second kappa shape index (κ2) is 5.96. The Morgan fingerprint density at radius 3 is 2.53 bits per heavy atom. The van der Waals surface area contributed by atoms with Crippen LogP contribution in [0.4, 0.5) is 5.95 Å². The number of piperidine rings is 1. The van der Waals surface area contributed by atoms with Gasteiger partial charge in [0, 0.05) is 18.9 Å². The lowest BCUT2D eigenvalue weighted by Gasteiger charge is -2.30. The number of hydrogen-bond acceptors (Lipinski definition) is 4. The molecular weight excluding hydrogens is 212 g/mol. The molecule has 2 rings (SSSR count). The second-order valence-electron chi connectivity index (χ2n) is 4.84. The van der Waals surface area contributed by atoms with Crippen LogP contribution in [0.3, 0.4) is 0 Å². The SMILES string of the molecule is CCN1CCC(CNc2ncc(C)cn2)CC1. The lowest BCUT2D eigenvalue weighted by atomic mass is 9.97. The molecule has 94 valence electrons. The molecule has 0 radical (unpaired) electrons. The number of likely N-dealkylation sites (tertiary alicyclic amines) is 1. The van der Waals surface area contributed by atoms with Crippen LogP contribution in [0.2, 0.25) is 0 Å². The fourth-order valence-corrected chi connectivity index (χ4v) is 2.23. The fraction of sp³-hybridized carbons (Fsp3) is 0.692. The molecule has 0 unspecified atom stereocenters. The first kappa shape index (κ1) is 12.3. The third-order valence-corrected chi connectivity index (χ3v) is 3.48. The van der Waals surface area contributed by atoms with Gasteiger partial charge in [-0.05, 0) is 50.9 Å². The molecule has 0 bridgehead atoms. The van der Waals surface area contributed by atoms with Crippen LogP contribution in [0.15, 0.2) is 12.4 Å². The summed E-state index contributed by atoms with van der Waals surface area (Å²) in [5, 5.41) is 3.33. The second-order valence-corrected chi connectivity index (χ2v) is 4.84. The van der Waals surface area contributed by atoms with Crippen LogP contribution in [0.25, 0.3) is 0 Å². The van der Waals surface area contributed by atoms with Crippen LogP contribution in [-0.2, 0) is 0 Å². The van der Waals surface area contributed by atoms with Gasteiger partial charge in [0.2, 0.25) is 5.95 Å². The van der Waals surface area contributed by atoms with Crippen molar-refractivity contribution >= 4 is 5.95 Å². The molecule has 1 aromatic heterocycles. The quantitative estimate of drug-likeness (QED) is 0.864. The van der Waals surface area contributed by atoms with Crippen molar-refractivity contribution in [1.29, 1.82) is 0 Å². The van der Waals surface area contributed by atoms with Crippen LogP contribution in [0.5, 0.6) is 0 Å². The zero-order chi connectivity index (χ0) is 12.1. The van der Waals surface area contributed by atoms with Gasteiger partial charge in [0.1, 0.15) is 0 Å². The van der Waals surface area contributed by atoms with Gasteiger partial charge in [0.05, 0.1) is 0 Å². The lowest BCUT2D eigenvalue weighted by molar-refractivity contribution is 0.198. The molecule has 1 fully saturated rings. The number of hydrogen-bond donors (Lipinski definition) is 1. The van der Waals surface area contributed by atoms with Crippen LogP contribution in [0, 0.1) is 12.8 Å². The summed E-state index contributed by atoms with van der Waals surface area (Å²) < 4.78 is 0. The first-order valence-corrected chi connectivity index (χ1v) is 6.53. The monoisotopic (exact) mass is 234 g/mol. The van der Waals surface area contributed by atoms with E-state index in [1.165, 1.54) is 32.5 Å². The smallest absolute Gasteiger partial charge is 0.222 e. The van der Waals surface area contributed by atoms with Crippen LogP contribution in [0.1, 0.15) is 25.3 Å². The van der Waals surface area contributed by atoms with E-state index in [1.807, 2.05) is 19.3 Å². The predicted molar refractivity (Wildman–Crippen MR) is 70.1 cm³/mol. The standard InChI is InChI=1S/C13H22N4/c1-3-17-6-4-12(5-7-17)10-16-13-14-8-11(2)9-15-13/h8-9,12H,3-7,10H2,1-2H3,(H,14,15,16). The van der Waals surface area contributed by atoms with Crippen LogP contribution >= 0.6 is 0 Å². The summed E-state index contributed by atoms with van der Waals surface area (Å²) in [5.41, 5.74) is 1.10. The van der Waals surface area contributed by atoms with E-state index in [0.29, 0.717) is 0 Å². The van der Waals surface area contributed by atoms with Gasteiger partial charge in [0.15, 0.2) is 0 Å². The number of anilines is 1. The van der Waals surface area contributed by atoms with E-state index in [4.69, 9.17) is 0 Å². The van der Waals surface area contributed by atoms with Crippen molar-refractivity contribution < 1.29 is 0 Å². The molecule has 4 heteroatoms. The van der Waals surface area contributed by atoms with Crippen LogP contribution < -0.4 is 5.32 Å². The first-order valence-electron chi connectivity index (χ1n) is 6.53. The summed E-state index contributed by atoms with van der Waals surface area (Å²) in [6, 6.07) is 0. The summed E-state index contributed by atoms with van der Waals surface area (Å²) >= 11 is 0. The van der Waals surface area contributed by atoms with E-state index >= 15 is 0 Å². The molecule has 4 nitrogen and oxygen atoms in total. The Morgan fingerprint density at radius 1 is 1.29 bits per heavy atom. The minimum atomic E-state index is 0.758. The van der Waals surface area contributed by atoms with Crippen molar-refractivity contribution in [3.63, 3.8) is 0 Å². The largest absolute Gasteiger partial charge is 0.354 e. The topological polar surface area (TPSA) is 41.0 Å². The molecule has 2 heterocycles. The first-order chi connectivity index (χ1) is 8.28. The molecule has 0 saturated carbocycles. The number of nitrogens with one attached hydrogen (secondary N) is 1. The molecule has 0 aliphatic carbocycles. The maximum atomic E-state index is 4.26. The predicted octanol–water partition coefficient (Wildman–Crippen LogP) is 1.93. The third-order valence-electron chi connectivity index (χ3n) is 3.48. The van der Waals surface area contributed by atoms with Gasteiger partial charge in [-0.25, -0.2) is 9.97 Å². The van der Waals surface area contributed by atoms with Crippen molar-refractivity contribution in [3.05, 3.63) is 18.0 Å². The third kappa shape index (κ3) is 3.66. The molecule has 1 aliphatic heterocycles. The highest BCUT2D eigenvalue weighted by Crippen LogP contribution is 2.16. The van der Waals surface area contributed by atoms with E-state index < -0.39 is 0 Å². The van der Waals surface area contributed by atoms with Crippen molar-refractivity contribution in [1.82, 2.24) is 14.9 Å². The molecule has 1 saturated heterocycles. The number of rotatable bonds is 4. The number of aryl methyl sites for hydroxylation is 1. The zero-order valence-corrected chi connectivity index (χ0v) is 10.8. The Balaban J connectivity index is 1.74. The van der Waals surface area contributed by atoms with Gasteiger partial charge in [-0.1, -0.05) is 6.92 Å². The molecule has 1 aliphatic rings. The van der Waals surface area contributed by atoms with Gasteiger partial charge in [0.25, 0.3) is 0 Å². The summed E-state index contributed by atoms with van der Waals surface area (Å²) in [4.78, 5) is 11.0. The average molecular weight is 234 g/mol. The highest BCUT2D eigenvalue weighted by molar-refractivity contribution is 5.24. The molecule has 0 atom stereocenters. The Bertz CT molecular complexity index is 328. The molecule has 0 aromatic carbocycles. The summed E-state index contributed by atoms with van der Waals surface area (Å²) in [7, 11) is 0. The Kier molecular flexibility index (Phi) is 4.31. The zero-order valence-electron chi connectivity index (χ0n) is 10.8. The molecule has 0 spiro atoms. The minimum Gasteiger partial charge on any atom is -0.354 e. The van der Waals surface area contributed by atoms with E-state index in [0.717, 1.165) is 24.0 Å². The van der Waals surface area contributed by atoms with Gasteiger partial charge in [-0.3, -0.25) is 0 Å². The van der Waals surface area contributed by atoms with Gasteiger partial charge in [-0.15, -0.1) is 0 Å². The number of nitrogens with zero attached hydrogens (tertiary/aromatic N) is 3. The maximum absolute atomic E-state index is 4.26. The fourth-order valence-electron chi connectivity index (χ4n) is 2.23. The highest BCUT2D eigenvalue weighted by Gasteiger charge is 2.17. The van der Waals surface area contributed by atoms with Gasteiger partial charge in [-0.2, -0.15) is 0 Å². The van der Waals surface area contributed by atoms with E-state index in [2.05, 4.69) is 27.1 Å². The Hall–Kier alpha value is -1.16. The minimum absolute atomic E-state index is 0.758. The van der Waals surface area contributed by atoms with E-state index in [9.17, 15) is 0 Å².